The average molecular weight is 605 g/mol. The summed E-state index contributed by atoms with van der Waals surface area (Å²) in [5.74, 6) is -0.774. The number of amides is 1. The lowest BCUT2D eigenvalue weighted by Crippen LogP contribution is -2.67. The second-order valence-corrected chi connectivity index (χ2v) is 11.6. The van der Waals surface area contributed by atoms with E-state index in [1.165, 1.54) is 0 Å². The molecule has 1 aliphatic heterocycles. The van der Waals surface area contributed by atoms with Gasteiger partial charge in [0.2, 0.25) is 4.33 Å². The van der Waals surface area contributed by atoms with Crippen LogP contribution in [0.3, 0.4) is 0 Å². The molecule has 1 saturated heterocycles. The van der Waals surface area contributed by atoms with E-state index in [0.29, 0.717) is 26.4 Å². The highest BCUT2D eigenvalue weighted by Crippen LogP contribution is 2.39. The molecule has 0 bridgehead atoms. The fourth-order valence-electron chi connectivity index (χ4n) is 4.47. The Balaban J connectivity index is 3.29. The van der Waals surface area contributed by atoms with Crippen molar-refractivity contribution in [2.45, 2.75) is 140 Å². The van der Waals surface area contributed by atoms with Gasteiger partial charge in [-0.25, -0.2) is 0 Å². The highest BCUT2D eigenvalue weighted by Gasteiger charge is 2.57. The number of nitrogens with one attached hydrogen (secondary N) is 1. The molecule has 1 N–H and O–H groups in total. The van der Waals surface area contributed by atoms with Gasteiger partial charge in [0.05, 0.1) is 6.61 Å². The molecule has 1 heterocycles. The fraction of sp³-hybridized carbons (Fsp3) is 0.964. The van der Waals surface area contributed by atoms with Crippen molar-refractivity contribution < 1.29 is 28.5 Å². The fourth-order valence-corrected chi connectivity index (χ4v) is 5.17. The second-order valence-electron chi connectivity index (χ2n) is 10.1. The van der Waals surface area contributed by atoms with E-state index in [-0.39, 0.29) is 6.61 Å². The molecule has 1 unspecified atom stereocenters. The molecule has 0 spiro atoms. The minimum absolute atomic E-state index is 0.266. The number of ether oxygens (including phenoxy) is 5. The van der Waals surface area contributed by atoms with Crippen LogP contribution in [0.4, 0.5) is 0 Å². The lowest BCUT2D eigenvalue weighted by atomic mass is 9.91. The molecule has 5 atom stereocenters. The van der Waals surface area contributed by atoms with Crippen molar-refractivity contribution in [2.24, 2.45) is 0 Å². The van der Waals surface area contributed by atoms with Gasteiger partial charge in [-0.3, -0.25) is 9.63 Å². The number of hydrogen-bond acceptors (Lipinski definition) is 6. The monoisotopic (exact) mass is 603 g/mol. The van der Waals surface area contributed by atoms with Crippen LogP contribution in [0.5, 0.6) is 0 Å². The van der Waals surface area contributed by atoms with Crippen LogP contribution < -0.4 is 4.84 Å². The van der Waals surface area contributed by atoms with Gasteiger partial charge in [-0.15, -0.1) is 0 Å². The molecule has 1 fully saturated rings. The van der Waals surface area contributed by atoms with Gasteiger partial charge in [0.25, 0.3) is 5.91 Å². The summed E-state index contributed by atoms with van der Waals surface area (Å²) < 4.78 is 29.7. The third kappa shape index (κ3) is 12.8. The number of unbranched alkanes of at least 4 members (excludes halogenated alkanes) is 8. The first-order valence-corrected chi connectivity index (χ1v) is 15.9. The minimum Gasteiger partial charge on any atom is -0.379 e. The lowest BCUT2D eigenvalue weighted by molar-refractivity contribution is -0.267. The molecule has 0 aromatic rings. The van der Waals surface area contributed by atoms with Crippen LogP contribution in [-0.2, 0) is 28.5 Å². The maximum absolute atomic E-state index is 12.7. The first-order chi connectivity index (χ1) is 18.4. The molecule has 0 aliphatic carbocycles. The molecule has 7 nitrogen and oxygen atoms in total. The number of carbonyl (C=O) groups is 1. The minimum atomic E-state index is -2.00. The van der Waals surface area contributed by atoms with Crippen molar-refractivity contribution in [1.29, 1.82) is 0 Å². The Morgan fingerprint density at radius 1 is 0.711 bits per heavy atom. The van der Waals surface area contributed by atoms with E-state index in [1.54, 1.807) is 0 Å². The summed E-state index contributed by atoms with van der Waals surface area (Å²) in [6.45, 7) is 11.0. The first kappa shape index (κ1) is 36.2. The Bertz CT molecular complexity index is 601. The van der Waals surface area contributed by atoms with Gasteiger partial charge in [0, 0.05) is 38.2 Å². The summed E-state index contributed by atoms with van der Waals surface area (Å²) in [5.41, 5.74) is 0. The van der Waals surface area contributed by atoms with Crippen LogP contribution in [0.2, 0.25) is 0 Å². The van der Waals surface area contributed by atoms with Crippen molar-refractivity contribution >= 4 is 40.9 Å². The van der Waals surface area contributed by atoms with Crippen molar-refractivity contribution in [1.82, 2.24) is 4.84 Å². The van der Waals surface area contributed by atoms with E-state index in [0.717, 1.165) is 77.0 Å². The van der Waals surface area contributed by atoms with Crippen LogP contribution in [-0.4, -0.2) is 73.8 Å². The zero-order chi connectivity index (χ0) is 28.2. The Kier molecular flexibility index (Phi) is 20.8. The van der Waals surface area contributed by atoms with Crippen molar-refractivity contribution in [3.63, 3.8) is 0 Å². The van der Waals surface area contributed by atoms with Crippen LogP contribution in [0.25, 0.3) is 0 Å². The summed E-state index contributed by atoms with van der Waals surface area (Å²) >= 11 is 18.9. The van der Waals surface area contributed by atoms with E-state index in [1.807, 2.05) is 4.84 Å². The quantitative estimate of drug-likeness (QED) is 0.0760. The first-order valence-electron chi connectivity index (χ1n) is 14.8. The van der Waals surface area contributed by atoms with Crippen LogP contribution in [0, 0.1) is 0 Å². The van der Waals surface area contributed by atoms with E-state index in [2.05, 4.69) is 27.7 Å². The molecule has 1 aliphatic rings. The van der Waals surface area contributed by atoms with Crippen LogP contribution in [0.15, 0.2) is 0 Å². The maximum atomic E-state index is 12.7. The van der Waals surface area contributed by atoms with Gasteiger partial charge in [-0.05, 0) is 25.7 Å². The number of carbonyl (C=O) groups excluding carboxylic acids is 1. The van der Waals surface area contributed by atoms with Crippen LogP contribution >= 0.6 is 35.0 Å². The van der Waals surface area contributed by atoms with E-state index in [4.69, 9.17) is 58.7 Å². The summed E-state index contributed by atoms with van der Waals surface area (Å²) in [4.78, 5) is 14.7. The predicted molar refractivity (Wildman–Crippen MR) is 155 cm³/mol. The molecule has 0 radical (unpaired) electrons. The van der Waals surface area contributed by atoms with Gasteiger partial charge in [-0.2, -0.15) is 0 Å². The summed E-state index contributed by atoms with van der Waals surface area (Å²) in [7, 11) is 0. The predicted octanol–water partition coefficient (Wildman–Crippen LogP) is 7.13. The zero-order valence-electron chi connectivity index (χ0n) is 24.0. The van der Waals surface area contributed by atoms with Gasteiger partial charge in [0.15, 0.2) is 0 Å². The number of alkyl halides is 2. The Hall–Kier alpha value is 0.140. The van der Waals surface area contributed by atoms with Crippen molar-refractivity contribution in [3.8, 4) is 0 Å². The second kappa shape index (κ2) is 21.8. The molecule has 10 heteroatoms. The van der Waals surface area contributed by atoms with Crippen molar-refractivity contribution in [3.05, 3.63) is 0 Å². The average Bonchev–Trinajstić information content (AvgIpc) is 2.91. The molecule has 0 aromatic heterocycles. The summed E-state index contributed by atoms with van der Waals surface area (Å²) in [6, 6.07) is 0. The van der Waals surface area contributed by atoms with Gasteiger partial charge >= 0.3 is 0 Å². The van der Waals surface area contributed by atoms with Gasteiger partial charge in [0.1, 0.15) is 30.5 Å². The number of hydrogen-bond donors (Lipinski definition) is 1. The van der Waals surface area contributed by atoms with E-state index >= 15 is 0 Å². The molecule has 1 amide bonds. The topological polar surface area (TPSA) is 75.3 Å². The largest absolute Gasteiger partial charge is 0.379 e. The molecule has 38 heavy (non-hydrogen) atoms. The lowest BCUT2D eigenvalue weighted by Gasteiger charge is -2.48. The van der Waals surface area contributed by atoms with Crippen molar-refractivity contribution in [2.75, 3.05) is 33.0 Å². The third-order valence-corrected chi connectivity index (χ3v) is 7.67. The summed E-state index contributed by atoms with van der Waals surface area (Å²) in [5, 5.41) is 0. The van der Waals surface area contributed by atoms with E-state index < -0.39 is 40.8 Å². The molecular formula is C28H52Cl3NO6. The highest BCUT2D eigenvalue weighted by molar-refractivity contribution is 6.59. The maximum Gasteiger partial charge on any atom is 0.273 e. The molecule has 226 valence electrons. The molecule has 1 rings (SSSR count). The molecule has 0 saturated carbocycles. The number of halogens is 3. The third-order valence-electron chi connectivity index (χ3n) is 6.73. The normalized spacial score (nSPS) is 24.0. The van der Waals surface area contributed by atoms with E-state index in [9.17, 15) is 4.79 Å². The SMILES string of the molecule is CCCCCOC[C@H]1OC(C(Cl)(Cl)C(=O)NCl)[C@H](OCCCCC)[C@@H](OCCCCC)[C@@H]1OCCCCC. The van der Waals surface area contributed by atoms with Gasteiger partial charge in [-0.1, -0.05) is 102 Å². The Labute approximate surface area is 246 Å². The molecular weight excluding hydrogens is 553 g/mol. The zero-order valence-corrected chi connectivity index (χ0v) is 26.3. The number of rotatable bonds is 23. The molecule has 0 aromatic carbocycles. The highest BCUT2D eigenvalue weighted by atomic mass is 35.5. The van der Waals surface area contributed by atoms with Gasteiger partial charge < -0.3 is 23.7 Å². The standard InChI is InChI=1S/C28H52Cl3NO6/c1-5-9-13-17-34-21-22-23(35-18-14-10-6-2)24(36-19-15-11-7-3)25(37-20-16-12-8-4)26(38-22)28(29,30)27(33)32-31/h22-26H,5-21H2,1-4H3,(H,32,33)/t22-,23-,24+,25-,26?/m1/s1. The Morgan fingerprint density at radius 2 is 1.16 bits per heavy atom. The Morgan fingerprint density at radius 3 is 1.63 bits per heavy atom. The van der Waals surface area contributed by atoms with Crippen LogP contribution in [0.1, 0.15) is 105 Å². The smallest absolute Gasteiger partial charge is 0.273 e. The summed E-state index contributed by atoms with van der Waals surface area (Å²) in [6.07, 6.45) is 8.84.